The van der Waals surface area contributed by atoms with Gasteiger partial charge in [0.1, 0.15) is 5.82 Å². The zero-order valence-electron chi connectivity index (χ0n) is 21.2. The molecule has 13 heteroatoms. The van der Waals surface area contributed by atoms with E-state index in [1.54, 1.807) is 18.3 Å². The van der Waals surface area contributed by atoms with E-state index >= 15 is 0 Å². The Balaban J connectivity index is 0.000000303. The predicted octanol–water partition coefficient (Wildman–Crippen LogP) is 0.168. The molecule has 12 nitrogen and oxygen atoms in total. The number of amides is 1. The number of rotatable bonds is 8. The van der Waals surface area contributed by atoms with Gasteiger partial charge in [-0.3, -0.25) is 9.78 Å². The first-order valence-corrected chi connectivity index (χ1v) is 12.8. The number of pyridine rings is 1. The number of aliphatic hydroxyl groups is 2. The van der Waals surface area contributed by atoms with Crippen LogP contribution in [-0.4, -0.2) is 99.8 Å². The maximum Gasteiger partial charge on any atom is 0.335 e. The van der Waals surface area contributed by atoms with Crippen molar-refractivity contribution in [3.05, 3.63) is 35.8 Å². The summed E-state index contributed by atoms with van der Waals surface area (Å²) >= 11 is 0. The summed E-state index contributed by atoms with van der Waals surface area (Å²) in [6.45, 7) is 5.87. The summed E-state index contributed by atoms with van der Waals surface area (Å²) in [6.07, 6.45) is -0.596. The van der Waals surface area contributed by atoms with Gasteiger partial charge < -0.3 is 41.1 Å². The summed E-state index contributed by atoms with van der Waals surface area (Å²) in [7, 11) is 0. The number of benzene rings is 1. The van der Waals surface area contributed by atoms with Crippen LogP contribution in [0.2, 0.25) is 0 Å². The van der Waals surface area contributed by atoms with Gasteiger partial charge in [-0.25, -0.2) is 14.0 Å². The van der Waals surface area contributed by atoms with Crippen molar-refractivity contribution in [1.82, 2.24) is 15.2 Å². The van der Waals surface area contributed by atoms with Crippen molar-refractivity contribution < 1.29 is 43.9 Å². The number of nitrogen functional groups attached to an aromatic ring is 1. The third-order valence-electron chi connectivity index (χ3n) is 7.73. The molecule has 39 heavy (non-hydrogen) atoms. The predicted molar refractivity (Wildman–Crippen MR) is 136 cm³/mol. The van der Waals surface area contributed by atoms with E-state index in [1.165, 1.54) is 25.5 Å². The van der Waals surface area contributed by atoms with Crippen LogP contribution in [0.4, 0.5) is 10.1 Å². The van der Waals surface area contributed by atoms with Gasteiger partial charge in [0.25, 0.3) is 5.91 Å². The summed E-state index contributed by atoms with van der Waals surface area (Å²) in [5.41, 5.74) is 6.53. The highest BCUT2D eigenvalue weighted by Gasteiger charge is 2.55. The molecule has 1 amide bonds. The fraction of sp³-hybridized carbons (Fsp3) is 0.538. The lowest BCUT2D eigenvalue weighted by atomic mass is 9.99. The number of carboxylic acids is 2. The van der Waals surface area contributed by atoms with Crippen molar-refractivity contribution in [3.63, 3.8) is 0 Å². The van der Waals surface area contributed by atoms with E-state index in [0.717, 1.165) is 32.2 Å². The van der Waals surface area contributed by atoms with Crippen LogP contribution < -0.4 is 11.1 Å². The second-order valence-electron chi connectivity index (χ2n) is 10.3. The molecule has 212 valence electrons. The van der Waals surface area contributed by atoms with E-state index in [0.29, 0.717) is 35.2 Å². The first-order chi connectivity index (χ1) is 18.6. The molecule has 5 rings (SSSR count). The molecule has 0 bridgehead atoms. The Hall–Kier alpha value is -3.39. The Morgan fingerprint density at radius 3 is 2.33 bits per heavy atom. The van der Waals surface area contributed by atoms with E-state index in [4.69, 9.17) is 30.9 Å². The van der Waals surface area contributed by atoms with Gasteiger partial charge in [0.05, 0.1) is 16.8 Å². The number of likely N-dealkylation sites (tertiary alicyclic amines) is 1. The molecular weight excluding hydrogens is 515 g/mol. The molecule has 3 aliphatic rings. The van der Waals surface area contributed by atoms with Gasteiger partial charge in [-0.15, -0.1) is 0 Å². The van der Waals surface area contributed by atoms with Crippen molar-refractivity contribution in [1.29, 1.82) is 0 Å². The van der Waals surface area contributed by atoms with E-state index in [1.807, 2.05) is 0 Å². The topological polar surface area (TPSA) is 196 Å². The number of hydrogen-bond acceptors (Lipinski definition) is 9. The summed E-state index contributed by atoms with van der Waals surface area (Å²) in [5.74, 6) is -1.76. The first kappa shape index (κ1) is 28.6. The monoisotopic (exact) mass is 548 g/mol. The zero-order chi connectivity index (χ0) is 28.3. The molecule has 1 aliphatic carbocycles. The highest BCUT2D eigenvalue weighted by atomic mass is 19.1. The van der Waals surface area contributed by atoms with Crippen LogP contribution in [0, 0.1) is 29.5 Å². The smallest absolute Gasteiger partial charge is 0.335 e. The van der Waals surface area contributed by atoms with Gasteiger partial charge in [0.15, 0.2) is 12.2 Å². The van der Waals surface area contributed by atoms with Crippen molar-refractivity contribution in [2.24, 2.45) is 23.7 Å². The molecule has 1 aromatic heterocycles. The second kappa shape index (κ2) is 12.2. The molecule has 2 saturated heterocycles. The Morgan fingerprint density at radius 2 is 1.74 bits per heavy atom. The van der Waals surface area contributed by atoms with Gasteiger partial charge in [-0.2, -0.15) is 0 Å². The van der Waals surface area contributed by atoms with Gasteiger partial charge in [-0.05, 0) is 54.7 Å². The molecule has 2 aliphatic heterocycles. The van der Waals surface area contributed by atoms with Crippen LogP contribution in [0.15, 0.2) is 24.4 Å². The van der Waals surface area contributed by atoms with Gasteiger partial charge in [0, 0.05) is 51.0 Å². The van der Waals surface area contributed by atoms with Crippen LogP contribution in [-0.2, 0) is 14.3 Å². The number of anilines is 1. The minimum absolute atomic E-state index is 0.0333. The minimum Gasteiger partial charge on any atom is -0.479 e. The Morgan fingerprint density at radius 1 is 1.13 bits per heavy atom. The van der Waals surface area contributed by atoms with Crippen LogP contribution in [0.1, 0.15) is 23.2 Å². The number of fused-ring (bicyclic) bond motifs is 2. The van der Waals surface area contributed by atoms with E-state index < -0.39 is 30.0 Å². The molecule has 4 unspecified atom stereocenters. The molecule has 3 heterocycles. The van der Waals surface area contributed by atoms with Crippen molar-refractivity contribution in [3.8, 4) is 0 Å². The fourth-order valence-corrected chi connectivity index (χ4v) is 5.47. The van der Waals surface area contributed by atoms with Gasteiger partial charge in [-0.1, -0.05) is 0 Å². The number of hydrogen-bond donors (Lipinski definition) is 6. The molecule has 1 aromatic carbocycles. The molecule has 4 atom stereocenters. The minimum atomic E-state index is -2.27. The molecule has 1 saturated carbocycles. The number of aromatic nitrogens is 1. The Labute approximate surface area is 223 Å². The SMILES string of the molecule is Nc1c(F)cc(C(=O)NCC2C3CN(CC4CCOCC4)CC23)c2ncccc12.O=C(O)C(O)C(O)C(=O)O. The highest BCUT2D eigenvalue weighted by Crippen LogP contribution is 2.51. The molecule has 0 radical (unpaired) electrons. The number of ether oxygens (including phenoxy) is 1. The standard InChI is InChI=1S/C22H27FN4O2.C4H6O6/c23-19-8-15(21-14(20(19)24)2-1-5-25-21)22(28)26-9-16-17-11-27(12-18(16)17)10-13-3-6-29-7-4-13;5-1(3(7)8)2(6)4(9)10/h1-2,5,8,13,16-18H,3-4,6-7,9-12,24H2,(H,26,28);1-2,5-6H,(H,7,8)(H,9,10). The van der Waals surface area contributed by atoms with Crippen molar-refractivity contribution >= 4 is 34.4 Å². The molecule has 3 fully saturated rings. The number of piperidine rings is 1. The molecule has 2 aromatic rings. The third-order valence-corrected chi connectivity index (χ3v) is 7.73. The third kappa shape index (κ3) is 6.61. The van der Waals surface area contributed by atoms with Crippen molar-refractivity contribution in [2.45, 2.75) is 25.0 Å². The average Bonchev–Trinajstić information content (AvgIpc) is 3.39. The van der Waals surface area contributed by atoms with Crippen LogP contribution in [0.3, 0.4) is 0 Å². The van der Waals surface area contributed by atoms with Crippen LogP contribution in [0.25, 0.3) is 10.9 Å². The Bertz CT molecular complexity index is 1190. The Kier molecular flexibility index (Phi) is 8.95. The number of aliphatic carboxylic acids is 2. The van der Waals surface area contributed by atoms with Crippen molar-refractivity contribution in [2.75, 3.05) is 45.1 Å². The molecule has 7 N–H and O–H groups in total. The fourth-order valence-electron chi connectivity index (χ4n) is 5.47. The lowest BCUT2D eigenvalue weighted by Gasteiger charge is -2.28. The van der Waals surface area contributed by atoms with Crippen LogP contribution >= 0.6 is 0 Å². The van der Waals surface area contributed by atoms with E-state index in [2.05, 4.69) is 15.2 Å². The van der Waals surface area contributed by atoms with Gasteiger partial charge >= 0.3 is 11.9 Å². The number of nitrogens with one attached hydrogen (secondary N) is 1. The summed E-state index contributed by atoms with van der Waals surface area (Å²) in [4.78, 5) is 39.1. The highest BCUT2D eigenvalue weighted by molar-refractivity contribution is 6.08. The number of nitrogens with zero attached hydrogens (tertiary/aromatic N) is 2. The maximum atomic E-state index is 14.2. The summed E-state index contributed by atoms with van der Waals surface area (Å²) in [6, 6.07) is 4.58. The first-order valence-electron chi connectivity index (χ1n) is 12.8. The summed E-state index contributed by atoms with van der Waals surface area (Å²) < 4.78 is 19.6. The lowest BCUT2D eigenvalue weighted by molar-refractivity contribution is -0.165. The number of nitrogens with two attached hydrogens (primary N) is 1. The molecule has 0 spiro atoms. The maximum absolute atomic E-state index is 14.2. The normalized spacial score (nSPS) is 24.2. The second-order valence-corrected chi connectivity index (χ2v) is 10.3. The number of carbonyl (C=O) groups is 3. The van der Waals surface area contributed by atoms with Crippen LogP contribution in [0.5, 0.6) is 0 Å². The number of carboxylic acid groups (broad SMARTS) is 2. The number of aliphatic hydroxyl groups excluding tert-OH is 2. The molecular formula is C26H33FN4O8. The largest absolute Gasteiger partial charge is 0.479 e. The number of halogens is 1. The quantitative estimate of drug-likeness (QED) is 0.246. The zero-order valence-corrected chi connectivity index (χ0v) is 21.2. The lowest BCUT2D eigenvalue weighted by Crippen LogP contribution is -2.39. The summed E-state index contributed by atoms with van der Waals surface area (Å²) in [5, 5.41) is 36.0. The van der Waals surface area contributed by atoms with E-state index in [-0.39, 0.29) is 17.2 Å². The number of carbonyl (C=O) groups excluding carboxylic acids is 1. The van der Waals surface area contributed by atoms with Gasteiger partial charge in [0.2, 0.25) is 0 Å². The van der Waals surface area contributed by atoms with E-state index in [9.17, 15) is 18.8 Å². The average molecular weight is 549 g/mol.